The van der Waals surface area contributed by atoms with Gasteiger partial charge in [-0.05, 0) is 37.9 Å². The monoisotopic (exact) mass is 205 g/mol. The fourth-order valence-corrected chi connectivity index (χ4v) is 2.15. The fourth-order valence-electron chi connectivity index (χ4n) is 2.15. The molecule has 0 radical (unpaired) electrons. The van der Waals surface area contributed by atoms with Gasteiger partial charge in [-0.3, -0.25) is 4.90 Å². The van der Waals surface area contributed by atoms with Crippen molar-refractivity contribution < 1.29 is 5.11 Å². The van der Waals surface area contributed by atoms with Gasteiger partial charge in [0.05, 0.1) is 6.10 Å². The Bertz CT molecular complexity index is 337. The van der Waals surface area contributed by atoms with Gasteiger partial charge >= 0.3 is 0 Å². The third kappa shape index (κ3) is 2.21. The summed E-state index contributed by atoms with van der Waals surface area (Å²) in [6.45, 7) is 3.08. The summed E-state index contributed by atoms with van der Waals surface area (Å²) >= 11 is 0. The number of nitrogens with zero attached hydrogens (tertiary/aromatic N) is 1. The lowest BCUT2D eigenvalue weighted by atomic mass is 9.88. The van der Waals surface area contributed by atoms with E-state index in [0.29, 0.717) is 6.04 Å². The quantitative estimate of drug-likeness (QED) is 0.815. The first-order chi connectivity index (χ1) is 7.18. The highest BCUT2D eigenvalue weighted by Gasteiger charge is 2.31. The predicted molar refractivity (Wildman–Crippen MR) is 61.7 cm³/mol. The fraction of sp³-hybridized carbons (Fsp3) is 0.538. The molecule has 1 aromatic carbocycles. The summed E-state index contributed by atoms with van der Waals surface area (Å²) in [4.78, 5) is 2.26. The van der Waals surface area contributed by atoms with Gasteiger partial charge in [-0.2, -0.15) is 0 Å². The molecule has 1 aliphatic rings. The minimum absolute atomic E-state index is 0.112. The van der Waals surface area contributed by atoms with Crippen LogP contribution in [-0.4, -0.2) is 29.2 Å². The first kappa shape index (κ1) is 10.7. The summed E-state index contributed by atoms with van der Waals surface area (Å²) in [6.07, 6.45) is 1.98. The molecule has 2 atom stereocenters. The van der Waals surface area contributed by atoms with Gasteiger partial charge in [0.2, 0.25) is 0 Å². The van der Waals surface area contributed by atoms with Crippen LogP contribution in [0.5, 0.6) is 0 Å². The summed E-state index contributed by atoms with van der Waals surface area (Å²) in [7, 11) is 2.10. The van der Waals surface area contributed by atoms with Crippen LogP contribution in [0.1, 0.15) is 24.0 Å². The van der Waals surface area contributed by atoms with Crippen molar-refractivity contribution in [3.05, 3.63) is 35.4 Å². The van der Waals surface area contributed by atoms with E-state index < -0.39 is 0 Å². The van der Waals surface area contributed by atoms with Crippen LogP contribution in [0, 0.1) is 6.92 Å². The Kier molecular flexibility index (Phi) is 3.08. The molecule has 2 rings (SSSR count). The average molecular weight is 205 g/mol. The molecule has 2 heteroatoms. The van der Waals surface area contributed by atoms with E-state index >= 15 is 0 Å². The molecule has 2 nitrogen and oxygen atoms in total. The van der Waals surface area contributed by atoms with E-state index in [2.05, 4.69) is 43.1 Å². The van der Waals surface area contributed by atoms with Gasteiger partial charge in [0.25, 0.3) is 0 Å². The number of hydrogen-bond donors (Lipinski definition) is 1. The Labute approximate surface area is 91.5 Å². The number of aliphatic hydroxyl groups is 1. The lowest BCUT2D eigenvalue weighted by Crippen LogP contribution is -2.48. The van der Waals surface area contributed by atoms with Crippen LogP contribution in [0.3, 0.4) is 0 Å². The molecule has 1 fully saturated rings. The smallest absolute Gasteiger partial charge is 0.0696 e. The van der Waals surface area contributed by atoms with E-state index in [-0.39, 0.29) is 6.10 Å². The summed E-state index contributed by atoms with van der Waals surface area (Å²) in [5.41, 5.74) is 2.69. The third-order valence-corrected chi connectivity index (χ3v) is 3.45. The zero-order valence-electron chi connectivity index (χ0n) is 9.48. The zero-order chi connectivity index (χ0) is 10.8. The molecular formula is C13H19NO. The minimum Gasteiger partial charge on any atom is -0.391 e. The number of aliphatic hydroxyl groups excluding tert-OH is 1. The van der Waals surface area contributed by atoms with E-state index in [1.807, 2.05) is 0 Å². The van der Waals surface area contributed by atoms with Crippen LogP contribution in [0.25, 0.3) is 0 Å². The summed E-state index contributed by atoms with van der Waals surface area (Å²) in [5, 5.41) is 9.58. The van der Waals surface area contributed by atoms with Crippen molar-refractivity contribution in [3.63, 3.8) is 0 Å². The van der Waals surface area contributed by atoms with Crippen molar-refractivity contribution in [2.75, 3.05) is 7.05 Å². The number of likely N-dealkylation sites (N-methyl/N-ethyl adjacent to an activating group) is 1. The highest BCUT2D eigenvalue weighted by molar-refractivity contribution is 5.25. The zero-order valence-corrected chi connectivity index (χ0v) is 9.48. The molecule has 15 heavy (non-hydrogen) atoms. The van der Waals surface area contributed by atoms with E-state index in [9.17, 15) is 5.11 Å². The largest absolute Gasteiger partial charge is 0.391 e. The maximum absolute atomic E-state index is 9.58. The van der Waals surface area contributed by atoms with Crippen LogP contribution in [0.15, 0.2) is 24.3 Å². The second-order valence-electron chi connectivity index (χ2n) is 4.55. The maximum atomic E-state index is 9.58. The standard InChI is InChI=1S/C13H19NO/c1-10-5-3-4-6-11(10)9-14(2)12-7-8-13(12)15/h3-6,12-13,15H,7-9H2,1-2H3. The second kappa shape index (κ2) is 4.33. The molecule has 2 unspecified atom stereocenters. The van der Waals surface area contributed by atoms with Gasteiger partial charge in [0.1, 0.15) is 0 Å². The lowest BCUT2D eigenvalue weighted by Gasteiger charge is -2.39. The summed E-state index contributed by atoms with van der Waals surface area (Å²) < 4.78 is 0. The minimum atomic E-state index is -0.112. The van der Waals surface area contributed by atoms with Crippen molar-refractivity contribution >= 4 is 0 Å². The van der Waals surface area contributed by atoms with Gasteiger partial charge in [0, 0.05) is 12.6 Å². The molecule has 0 aromatic heterocycles. The molecule has 0 bridgehead atoms. The number of aryl methyl sites for hydroxylation is 1. The van der Waals surface area contributed by atoms with Crippen LogP contribution >= 0.6 is 0 Å². The Morgan fingerprint density at radius 3 is 2.60 bits per heavy atom. The third-order valence-electron chi connectivity index (χ3n) is 3.45. The number of hydrogen-bond acceptors (Lipinski definition) is 2. The van der Waals surface area contributed by atoms with E-state index in [1.54, 1.807) is 0 Å². The van der Waals surface area contributed by atoms with Gasteiger partial charge in [0.15, 0.2) is 0 Å². The first-order valence-corrected chi connectivity index (χ1v) is 5.61. The number of benzene rings is 1. The molecular weight excluding hydrogens is 186 g/mol. The topological polar surface area (TPSA) is 23.5 Å². The SMILES string of the molecule is Cc1ccccc1CN(C)C1CCC1O. The van der Waals surface area contributed by atoms with E-state index in [4.69, 9.17) is 0 Å². The van der Waals surface area contributed by atoms with Crippen molar-refractivity contribution in [3.8, 4) is 0 Å². The molecule has 0 amide bonds. The van der Waals surface area contributed by atoms with Gasteiger partial charge in [-0.25, -0.2) is 0 Å². The second-order valence-corrected chi connectivity index (χ2v) is 4.55. The van der Waals surface area contributed by atoms with Gasteiger partial charge < -0.3 is 5.11 Å². The van der Waals surface area contributed by atoms with Crippen LogP contribution in [0.2, 0.25) is 0 Å². The Morgan fingerprint density at radius 2 is 2.07 bits per heavy atom. The average Bonchev–Trinajstić information content (AvgIpc) is 2.19. The van der Waals surface area contributed by atoms with Crippen LogP contribution in [-0.2, 0) is 6.54 Å². The van der Waals surface area contributed by atoms with Crippen molar-refractivity contribution in [1.29, 1.82) is 0 Å². The highest BCUT2D eigenvalue weighted by Crippen LogP contribution is 2.26. The number of rotatable bonds is 3. The molecule has 0 saturated heterocycles. The summed E-state index contributed by atoms with van der Waals surface area (Å²) in [6, 6.07) is 8.81. The van der Waals surface area contributed by atoms with Gasteiger partial charge in [-0.15, -0.1) is 0 Å². The first-order valence-electron chi connectivity index (χ1n) is 5.61. The molecule has 1 aliphatic carbocycles. The Hall–Kier alpha value is -0.860. The van der Waals surface area contributed by atoms with Crippen LogP contribution in [0.4, 0.5) is 0 Å². The van der Waals surface area contributed by atoms with Gasteiger partial charge in [-0.1, -0.05) is 24.3 Å². The molecule has 1 saturated carbocycles. The van der Waals surface area contributed by atoms with E-state index in [1.165, 1.54) is 11.1 Å². The maximum Gasteiger partial charge on any atom is 0.0696 e. The van der Waals surface area contributed by atoms with Crippen LogP contribution < -0.4 is 0 Å². The molecule has 82 valence electrons. The Morgan fingerprint density at radius 1 is 1.33 bits per heavy atom. The van der Waals surface area contributed by atoms with E-state index in [0.717, 1.165) is 19.4 Å². The van der Waals surface area contributed by atoms with Crippen molar-refractivity contribution in [1.82, 2.24) is 4.90 Å². The van der Waals surface area contributed by atoms with Crippen molar-refractivity contribution in [2.24, 2.45) is 0 Å². The normalized spacial score (nSPS) is 25.3. The molecule has 0 heterocycles. The predicted octanol–water partition coefficient (Wildman–Crippen LogP) is 1.95. The Balaban J connectivity index is 1.99. The lowest BCUT2D eigenvalue weighted by molar-refractivity contribution is -0.0130. The summed E-state index contributed by atoms with van der Waals surface area (Å²) in [5.74, 6) is 0. The molecule has 1 aromatic rings. The highest BCUT2D eigenvalue weighted by atomic mass is 16.3. The van der Waals surface area contributed by atoms with Crippen molar-refractivity contribution in [2.45, 2.75) is 38.5 Å². The molecule has 0 aliphatic heterocycles. The molecule has 1 N–H and O–H groups in total. The molecule has 0 spiro atoms.